The molecule has 0 aliphatic carbocycles. The van der Waals surface area contributed by atoms with E-state index in [0.717, 1.165) is 11.1 Å². The Labute approximate surface area is 193 Å². The van der Waals surface area contributed by atoms with Crippen molar-refractivity contribution in [2.45, 2.75) is 20.8 Å². The van der Waals surface area contributed by atoms with E-state index in [1.807, 2.05) is 32.0 Å². The smallest absolute Gasteiger partial charge is 0.271 e. The van der Waals surface area contributed by atoms with E-state index in [-0.39, 0.29) is 21.6 Å². The molecular weight excluding hydrogens is 440 g/mol. The van der Waals surface area contributed by atoms with Crippen molar-refractivity contribution < 1.29 is 9.72 Å². The van der Waals surface area contributed by atoms with Crippen molar-refractivity contribution in [1.82, 2.24) is 9.55 Å². The number of aryl methyl sites for hydroxylation is 2. The van der Waals surface area contributed by atoms with Gasteiger partial charge < -0.3 is 10.3 Å². The lowest BCUT2D eigenvalue weighted by Gasteiger charge is -2.13. The maximum Gasteiger partial charge on any atom is 0.271 e. The average molecular weight is 461 g/mol. The molecule has 166 valence electrons. The molecule has 0 saturated carbocycles. The number of rotatable bonds is 4. The van der Waals surface area contributed by atoms with Crippen LogP contribution in [0.5, 0.6) is 0 Å². The molecule has 4 aromatic rings. The zero-order valence-corrected chi connectivity index (χ0v) is 18.9. The molecule has 0 radical (unpaired) electrons. The SMILES string of the molecule is Cc1ccc([N+](=O)[O-])cc1NC(=O)c1ccc2c(=O)n(-c3cccc(C)c3C)c(=S)[nH]c2c1. The van der Waals surface area contributed by atoms with Crippen molar-refractivity contribution in [2.24, 2.45) is 0 Å². The Balaban J connectivity index is 1.75. The number of amides is 1. The number of fused-ring (bicyclic) bond motifs is 1. The first-order valence-electron chi connectivity index (χ1n) is 10.1. The third kappa shape index (κ3) is 4.06. The summed E-state index contributed by atoms with van der Waals surface area (Å²) in [6.07, 6.45) is 0. The standard InChI is InChI=1S/C24H20N4O4S/c1-13-5-4-6-21(15(13)3)27-23(30)18-10-8-16(11-20(18)26-24(27)33)22(29)25-19-12-17(28(31)32)9-7-14(19)2/h4-12H,1-3H3,(H,25,29)(H,26,33). The van der Waals surface area contributed by atoms with Crippen molar-refractivity contribution in [3.63, 3.8) is 0 Å². The number of carbonyl (C=O) groups excluding carboxylic acids is 1. The Hall–Kier alpha value is -4.11. The molecule has 0 atom stereocenters. The summed E-state index contributed by atoms with van der Waals surface area (Å²) in [5.74, 6) is -0.460. The van der Waals surface area contributed by atoms with Crippen LogP contribution in [0.15, 0.2) is 59.4 Å². The third-order valence-corrected chi connectivity index (χ3v) is 5.94. The molecule has 0 aliphatic rings. The Morgan fingerprint density at radius 1 is 1.06 bits per heavy atom. The minimum atomic E-state index is -0.522. The van der Waals surface area contributed by atoms with Crippen LogP contribution in [0, 0.1) is 35.7 Å². The van der Waals surface area contributed by atoms with Gasteiger partial charge in [0.25, 0.3) is 17.2 Å². The number of H-pyrrole nitrogens is 1. The highest BCUT2D eigenvalue weighted by Gasteiger charge is 2.15. The summed E-state index contributed by atoms with van der Waals surface area (Å²) in [5, 5.41) is 14.1. The second-order valence-corrected chi connectivity index (χ2v) is 8.15. The average Bonchev–Trinajstić information content (AvgIpc) is 2.77. The molecule has 0 saturated heterocycles. The first-order chi connectivity index (χ1) is 15.7. The van der Waals surface area contributed by atoms with Gasteiger partial charge in [-0.05, 0) is 73.9 Å². The van der Waals surface area contributed by atoms with Crippen molar-refractivity contribution in [2.75, 3.05) is 5.32 Å². The lowest BCUT2D eigenvalue weighted by molar-refractivity contribution is -0.384. The van der Waals surface area contributed by atoms with Crippen LogP contribution < -0.4 is 10.9 Å². The zero-order chi connectivity index (χ0) is 23.9. The second-order valence-electron chi connectivity index (χ2n) is 7.76. The number of hydrogen-bond acceptors (Lipinski definition) is 5. The molecule has 8 nitrogen and oxygen atoms in total. The molecule has 0 spiro atoms. The summed E-state index contributed by atoms with van der Waals surface area (Å²) in [6, 6.07) is 14.6. The maximum atomic E-state index is 13.2. The first kappa shape index (κ1) is 22.1. The number of nitro benzene ring substituents is 1. The summed E-state index contributed by atoms with van der Waals surface area (Å²) < 4.78 is 1.67. The van der Waals surface area contributed by atoms with Gasteiger partial charge in [-0.2, -0.15) is 0 Å². The highest BCUT2D eigenvalue weighted by Crippen LogP contribution is 2.23. The van der Waals surface area contributed by atoms with E-state index >= 15 is 0 Å². The molecule has 1 heterocycles. The van der Waals surface area contributed by atoms with Gasteiger partial charge in [0.15, 0.2) is 4.77 Å². The van der Waals surface area contributed by atoms with E-state index in [1.54, 1.807) is 25.1 Å². The molecule has 0 aliphatic heterocycles. The molecule has 0 fully saturated rings. The number of non-ortho nitro benzene ring substituents is 1. The predicted octanol–water partition coefficient (Wildman–Crippen LogP) is 5.13. The lowest BCUT2D eigenvalue weighted by Crippen LogP contribution is -2.22. The molecule has 33 heavy (non-hydrogen) atoms. The fraction of sp³-hybridized carbons (Fsp3) is 0.125. The molecule has 2 N–H and O–H groups in total. The number of hydrogen-bond donors (Lipinski definition) is 2. The molecule has 0 unspecified atom stereocenters. The van der Waals surface area contributed by atoms with Gasteiger partial charge in [-0.25, -0.2) is 0 Å². The highest BCUT2D eigenvalue weighted by atomic mass is 32.1. The normalized spacial score (nSPS) is 10.9. The van der Waals surface area contributed by atoms with Crippen LogP contribution in [0.25, 0.3) is 16.6 Å². The second kappa shape index (κ2) is 8.44. The van der Waals surface area contributed by atoms with Gasteiger partial charge >= 0.3 is 0 Å². The van der Waals surface area contributed by atoms with Crippen molar-refractivity contribution >= 4 is 40.4 Å². The van der Waals surface area contributed by atoms with Gasteiger partial charge in [0, 0.05) is 17.7 Å². The fourth-order valence-electron chi connectivity index (χ4n) is 3.61. The first-order valence-corrected chi connectivity index (χ1v) is 10.5. The van der Waals surface area contributed by atoms with Gasteiger partial charge in [-0.3, -0.25) is 24.3 Å². The van der Waals surface area contributed by atoms with E-state index < -0.39 is 10.8 Å². The Kier molecular flexibility index (Phi) is 5.65. The Bertz CT molecular complexity index is 1570. The quantitative estimate of drug-likeness (QED) is 0.249. The van der Waals surface area contributed by atoms with E-state index in [4.69, 9.17) is 12.2 Å². The van der Waals surface area contributed by atoms with Crippen LogP contribution in [0.1, 0.15) is 27.0 Å². The van der Waals surface area contributed by atoms with Gasteiger partial charge in [0.1, 0.15) is 0 Å². The number of aromatic amines is 1. The number of aromatic nitrogens is 2. The minimum Gasteiger partial charge on any atom is -0.331 e. The van der Waals surface area contributed by atoms with Gasteiger partial charge in [0.05, 0.1) is 27.2 Å². The van der Waals surface area contributed by atoms with Crippen molar-refractivity contribution in [3.8, 4) is 5.69 Å². The number of nitrogens with zero attached hydrogens (tertiary/aromatic N) is 2. The van der Waals surface area contributed by atoms with Gasteiger partial charge in [0.2, 0.25) is 0 Å². The fourth-order valence-corrected chi connectivity index (χ4v) is 3.90. The maximum absolute atomic E-state index is 13.2. The van der Waals surface area contributed by atoms with E-state index in [1.165, 1.54) is 22.8 Å². The van der Waals surface area contributed by atoms with Crippen LogP contribution in [0.3, 0.4) is 0 Å². The molecule has 9 heteroatoms. The topological polar surface area (TPSA) is 110 Å². The summed E-state index contributed by atoms with van der Waals surface area (Å²) in [5.41, 5.74) is 4.01. The highest BCUT2D eigenvalue weighted by molar-refractivity contribution is 7.71. The largest absolute Gasteiger partial charge is 0.331 e. The number of nitro groups is 1. The van der Waals surface area contributed by atoms with Crippen LogP contribution in [-0.4, -0.2) is 20.4 Å². The molecule has 1 aromatic heterocycles. The monoisotopic (exact) mass is 460 g/mol. The van der Waals surface area contributed by atoms with Gasteiger partial charge in [-0.15, -0.1) is 0 Å². The molecule has 0 bridgehead atoms. The van der Waals surface area contributed by atoms with Crippen molar-refractivity contribution in [3.05, 3.63) is 102 Å². The summed E-state index contributed by atoms with van der Waals surface area (Å²) in [6.45, 7) is 5.64. The predicted molar refractivity (Wildman–Crippen MR) is 130 cm³/mol. The van der Waals surface area contributed by atoms with E-state index in [0.29, 0.717) is 27.8 Å². The minimum absolute atomic E-state index is 0.120. The Morgan fingerprint density at radius 3 is 2.55 bits per heavy atom. The summed E-state index contributed by atoms with van der Waals surface area (Å²) in [7, 11) is 0. The third-order valence-electron chi connectivity index (χ3n) is 5.66. The zero-order valence-electron chi connectivity index (χ0n) is 18.1. The molecular formula is C24H20N4O4S. The number of nitrogens with one attached hydrogen (secondary N) is 2. The van der Waals surface area contributed by atoms with Crippen LogP contribution in [0.2, 0.25) is 0 Å². The number of anilines is 1. The number of carbonyl (C=O) groups is 1. The lowest BCUT2D eigenvalue weighted by atomic mass is 10.1. The van der Waals surface area contributed by atoms with E-state index in [9.17, 15) is 19.7 Å². The van der Waals surface area contributed by atoms with E-state index in [2.05, 4.69) is 10.3 Å². The van der Waals surface area contributed by atoms with Crippen LogP contribution >= 0.6 is 12.2 Å². The van der Waals surface area contributed by atoms with Crippen molar-refractivity contribution in [1.29, 1.82) is 0 Å². The molecule has 1 amide bonds. The van der Waals surface area contributed by atoms with Crippen LogP contribution in [-0.2, 0) is 0 Å². The molecule has 3 aromatic carbocycles. The van der Waals surface area contributed by atoms with Crippen LogP contribution in [0.4, 0.5) is 11.4 Å². The molecule has 4 rings (SSSR count). The Morgan fingerprint density at radius 2 is 1.82 bits per heavy atom. The number of benzene rings is 3. The van der Waals surface area contributed by atoms with Gasteiger partial charge in [-0.1, -0.05) is 18.2 Å². The summed E-state index contributed by atoms with van der Waals surface area (Å²) in [4.78, 5) is 39.6. The summed E-state index contributed by atoms with van der Waals surface area (Å²) >= 11 is 5.46.